The van der Waals surface area contributed by atoms with Crippen molar-refractivity contribution in [2.75, 3.05) is 86.7 Å². The van der Waals surface area contributed by atoms with Crippen LogP contribution in [0.4, 0.5) is 73.9 Å². The van der Waals surface area contributed by atoms with Gasteiger partial charge >= 0.3 is 0 Å². The SMILES string of the molecule is CCCCN(CCCC)c1ccc(N(c2ccc(N(CCCC)CCCC)cc2)c2ccc(N(c3ccccc3)c3ccc(N(c4ccc(N(CCCC)CCCC)cc4)c4ccc(N(CCCC)CCCC)cc4)cc3)cc2)cc1. The van der Waals surface area contributed by atoms with Crippen molar-refractivity contribution in [3.8, 4) is 0 Å². The third-order valence-corrected chi connectivity index (χ3v) is 15.9. The molecule has 0 bridgehead atoms. The molecule has 7 nitrogen and oxygen atoms in total. The minimum Gasteiger partial charge on any atom is -0.372 e. The van der Waals surface area contributed by atoms with Crippen molar-refractivity contribution >= 4 is 73.9 Å². The number of para-hydroxylation sites is 1. The van der Waals surface area contributed by atoms with Crippen LogP contribution in [0.1, 0.15) is 158 Å². The first kappa shape index (κ1) is 61.8. The molecule has 0 N–H and O–H groups in total. The van der Waals surface area contributed by atoms with E-state index in [-0.39, 0.29) is 0 Å². The van der Waals surface area contributed by atoms with Crippen molar-refractivity contribution in [1.29, 1.82) is 0 Å². The summed E-state index contributed by atoms with van der Waals surface area (Å²) in [4.78, 5) is 17.6. The van der Waals surface area contributed by atoms with Gasteiger partial charge in [-0.2, -0.15) is 0 Å². The van der Waals surface area contributed by atoms with E-state index in [1.807, 2.05) is 0 Å². The van der Waals surface area contributed by atoms with Crippen LogP contribution < -0.4 is 34.3 Å². The van der Waals surface area contributed by atoms with Gasteiger partial charge in [-0.1, -0.05) is 125 Å². The summed E-state index contributed by atoms with van der Waals surface area (Å²) < 4.78 is 0. The highest BCUT2D eigenvalue weighted by atomic mass is 15.2. The Morgan fingerprint density at radius 3 is 0.457 bits per heavy atom. The summed E-state index contributed by atoms with van der Waals surface area (Å²) in [5, 5.41) is 0. The molecule has 7 heteroatoms. The maximum atomic E-state index is 2.58. The predicted octanol–water partition coefficient (Wildman–Crippen LogP) is 21.7. The number of rotatable bonds is 37. The maximum absolute atomic E-state index is 2.58. The molecule has 0 fully saturated rings. The molecule has 7 rings (SSSR count). The summed E-state index contributed by atoms with van der Waals surface area (Å²) in [6, 6.07) is 66.6. The molecule has 0 atom stereocenters. The third-order valence-electron chi connectivity index (χ3n) is 15.9. The van der Waals surface area contributed by atoms with Crippen molar-refractivity contribution < 1.29 is 0 Å². The van der Waals surface area contributed by atoms with Crippen molar-refractivity contribution in [3.05, 3.63) is 176 Å². The summed E-state index contributed by atoms with van der Waals surface area (Å²) in [6.07, 6.45) is 19.1. The van der Waals surface area contributed by atoms with Gasteiger partial charge in [0.25, 0.3) is 0 Å². The Bertz CT molecular complexity index is 2430. The van der Waals surface area contributed by atoms with Crippen LogP contribution in [0.25, 0.3) is 0 Å². The second kappa shape index (κ2) is 33.8. The van der Waals surface area contributed by atoms with Crippen molar-refractivity contribution in [2.45, 2.75) is 158 Å². The maximum Gasteiger partial charge on any atom is 0.0463 e. The number of anilines is 13. The second-order valence-corrected chi connectivity index (χ2v) is 22.2. The van der Waals surface area contributed by atoms with Gasteiger partial charge in [-0.05, 0) is 209 Å². The average Bonchev–Trinajstić information content (AvgIpc) is 3.53. The Hall–Kier alpha value is -6.86. The van der Waals surface area contributed by atoms with Crippen LogP contribution in [0.3, 0.4) is 0 Å². The summed E-state index contributed by atoms with van der Waals surface area (Å²) in [6.45, 7) is 27.0. The molecule has 0 amide bonds. The largest absolute Gasteiger partial charge is 0.372 e. The second-order valence-electron chi connectivity index (χ2n) is 22.2. The molecule has 0 saturated heterocycles. The molecule has 0 aliphatic rings. The van der Waals surface area contributed by atoms with Gasteiger partial charge in [0.05, 0.1) is 0 Å². The quantitative estimate of drug-likeness (QED) is 0.0382. The van der Waals surface area contributed by atoms with E-state index < -0.39 is 0 Å². The first-order valence-corrected chi connectivity index (χ1v) is 31.9. The lowest BCUT2D eigenvalue weighted by Gasteiger charge is -2.31. The van der Waals surface area contributed by atoms with E-state index in [0.717, 1.165) is 104 Å². The molecule has 0 saturated carbocycles. The van der Waals surface area contributed by atoms with Gasteiger partial charge in [0.15, 0.2) is 0 Å². The topological polar surface area (TPSA) is 22.7 Å². The van der Waals surface area contributed by atoms with Gasteiger partial charge in [-0.3, -0.25) is 0 Å². The summed E-state index contributed by atoms with van der Waals surface area (Å²) >= 11 is 0. The molecule has 0 heterocycles. The molecule has 0 aromatic heterocycles. The van der Waals surface area contributed by atoms with Gasteiger partial charge in [-0.15, -0.1) is 0 Å². The predicted molar refractivity (Wildman–Crippen MR) is 359 cm³/mol. The molecule has 0 radical (unpaired) electrons. The van der Waals surface area contributed by atoms with Gasteiger partial charge in [0.1, 0.15) is 0 Å². The van der Waals surface area contributed by atoms with Gasteiger partial charge in [0, 0.05) is 126 Å². The monoisotopic (exact) mass is 1090 g/mol. The van der Waals surface area contributed by atoms with E-state index in [1.165, 1.54) is 125 Å². The fraction of sp³-hybridized carbons (Fsp3) is 0.432. The van der Waals surface area contributed by atoms with Crippen LogP contribution >= 0.6 is 0 Å². The fourth-order valence-corrected chi connectivity index (χ4v) is 10.9. The highest BCUT2D eigenvalue weighted by molar-refractivity contribution is 5.84. The van der Waals surface area contributed by atoms with Crippen LogP contribution in [0.5, 0.6) is 0 Å². The Kier molecular flexibility index (Phi) is 25.8. The number of nitrogens with zero attached hydrogens (tertiary/aromatic N) is 7. The number of unbranched alkanes of at least 4 members (excludes halogenated alkanes) is 8. The van der Waals surface area contributed by atoms with E-state index in [9.17, 15) is 0 Å². The highest BCUT2D eigenvalue weighted by Gasteiger charge is 2.20. The highest BCUT2D eigenvalue weighted by Crippen LogP contribution is 2.43. The third kappa shape index (κ3) is 17.6. The minimum absolute atomic E-state index is 1.09. The van der Waals surface area contributed by atoms with Crippen LogP contribution in [-0.2, 0) is 0 Å². The molecule has 7 aromatic rings. The van der Waals surface area contributed by atoms with Crippen LogP contribution in [0, 0.1) is 0 Å². The summed E-state index contributed by atoms with van der Waals surface area (Å²) in [7, 11) is 0. The molecule has 0 unspecified atom stereocenters. The molecule has 0 spiro atoms. The van der Waals surface area contributed by atoms with Gasteiger partial charge in [0.2, 0.25) is 0 Å². The van der Waals surface area contributed by atoms with E-state index in [4.69, 9.17) is 0 Å². The Labute approximate surface area is 492 Å². The molecule has 0 aliphatic heterocycles. The van der Waals surface area contributed by atoms with Gasteiger partial charge < -0.3 is 34.3 Å². The van der Waals surface area contributed by atoms with Crippen molar-refractivity contribution in [2.24, 2.45) is 0 Å². The summed E-state index contributed by atoms with van der Waals surface area (Å²) in [5.41, 5.74) is 15.4. The van der Waals surface area contributed by atoms with E-state index in [0.29, 0.717) is 0 Å². The van der Waals surface area contributed by atoms with Crippen LogP contribution in [-0.4, -0.2) is 52.4 Å². The number of hydrogen-bond donors (Lipinski definition) is 0. The lowest BCUT2D eigenvalue weighted by Crippen LogP contribution is -2.25. The van der Waals surface area contributed by atoms with Crippen molar-refractivity contribution in [1.82, 2.24) is 0 Å². The molecule has 7 aromatic carbocycles. The normalized spacial score (nSPS) is 11.2. The molecule has 432 valence electrons. The van der Waals surface area contributed by atoms with E-state index >= 15 is 0 Å². The summed E-state index contributed by atoms with van der Waals surface area (Å²) in [5.74, 6) is 0. The smallest absolute Gasteiger partial charge is 0.0463 e. The minimum atomic E-state index is 1.09. The Morgan fingerprint density at radius 2 is 0.309 bits per heavy atom. The van der Waals surface area contributed by atoms with Crippen LogP contribution in [0.2, 0.25) is 0 Å². The van der Waals surface area contributed by atoms with Gasteiger partial charge in [-0.25, -0.2) is 0 Å². The zero-order valence-corrected chi connectivity index (χ0v) is 51.3. The zero-order valence-electron chi connectivity index (χ0n) is 51.3. The van der Waals surface area contributed by atoms with Crippen molar-refractivity contribution in [3.63, 3.8) is 0 Å². The number of hydrogen-bond acceptors (Lipinski definition) is 7. The molecular weight excluding hydrogens is 987 g/mol. The first-order valence-electron chi connectivity index (χ1n) is 31.9. The number of benzene rings is 7. The molecular formula is C74H101N7. The first-order chi connectivity index (χ1) is 39.9. The lowest BCUT2D eigenvalue weighted by atomic mass is 10.1. The average molecular weight is 1090 g/mol. The molecule has 0 aliphatic carbocycles. The lowest BCUT2D eigenvalue weighted by molar-refractivity contribution is 0.678. The Balaban J connectivity index is 1.26. The standard InChI is InChI=1S/C74H101N7/c1-9-17-54-75(55-18-10-2)62-30-38-67(39-31-62)80(68-40-32-63(33-41-68)76(56-19-11-3)57-20-12-4)73-50-46-71(47-51-73)79(66-28-26-25-27-29-66)72-48-52-74(53-49-72)81(69-42-34-64(35-43-69)77(58-21-13-5)59-22-14-6)70-44-36-65(37-45-70)78(60-23-15-7)61-24-16-8/h25-53H,9-24,54-61H2,1-8H3. The van der Waals surface area contributed by atoms with E-state index in [1.54, 1.807) is 0 Å². The van der Waals surface area contributed by atoms with Crippen LogP contribution in [0.15, 0.2) is 176 Å². The zero-order chi connectivity index (χ0) is 57.0. The fourth-order valence-electron chi connectivity index (χ4n) is 10.9. The Morgan fingerprint density at radius 1 is 0.173 bits per heavy atom. The van der Waals surface area contributed by atoms with E-state index in [2.05, 4.69) is 266 Å². The molecule has 81 heavy (non-hydrogen) atoms.